The molecule has 2 unspecified atom stereocenters. The van der Waals surface area contributed by atoms with E-state index in [1.54, 1.807) is 11.8 Å². The topological polar surface area (TPSA) is 75.1 Å². The van der Waals surface area contributed by atoms with E-state index in [0.29, 0.717) is 25.6 Å². The highest BCUT2D eigenvalue weighted by molar-refractivity contribution is 14.0. The van der Waals surface area contributed by atoms with E-state index in [1.807, 2.05) is 6.92 Å². The van der Waals surface area contributed by atoms with Crippen LogP contribution in [0.3, 0.4) is 0 Å². The molecular formula is C21H34IN3O3S. The van der Waals surface area contributed by atoms with Crippen molar-refractivity contribution in [3.8, 4) is 5.75 Å². The zero-order valence-corrected chi connectivity index (χ0v) is 20.6. The number of halogens is 1. The van der Waals surface area contributed by atoms with Crippen molar-refractivity contribution < 1.29 is 14.6 Å². The highest BCUT2D eigenvalue weighted by atomic mass is 127. The molecule has 2 aliphatic heterocycles. The molecule has 0 aliphatic carbocycles. The van der Waals surface area contributed by atoms with E-state index < -0.39 is 5.60 Å². The molecule has 0 radical (unpaired) electrons. The van der Waals surface area contributed by atoms with Gasteiger partial charge in [0.05, 0.1) is 25.4 Å². The number of hydrogen-bond acceptors (Lipinski definition) is 5. The average Bonchev–Trinajstić information content (AvgIpc) is 3.35. The molecule has 6 nitrogen and oxygen atoms in total. The van der Waals surface area contributed by atoms with E-state index in [4.69, 9.17) is 14.5 Å². The number of nitrogens with zero attached hydrogens (tertiary/aromatic N) is 1. The molecule has 0 spiro atoms. The molecule has 3 rings (SSSR count). The summed E-state index contributed by atoms with van der Waals surface area (Å²) in [5.74, 6) is 3.89. The quantitative estimate of drug-likeness (QED) is 0.270. The first-order chi connectivity index (χ1) is 13.6. The SMILES string of the molecule is CCNC(=NCc1ccc(C)cc1OCC1CCOC1)NCC1(O)CCSC1.I. The molecule has 0 amide bonds. The van der Waals surface area contributed by atoms with Crippen LogP contribution < -0.4 is 15.4 Å². The number of nitrogens with one attached hydrogen (secondary N) is 2. The van der Waals surface area contributed by atoms with Gasteiger partial charge in [-0.25, -0.2) is 4.99 Å². The van der Waals surface area contributed by atoms with Gasteiger partial charge in [0, 0.05) is 36.9 Å². The van der Waals surface area contributed by atoms with Crippen molar-refractivity contribution in [1.29, 1.82) is 0 Å². The second-order valence-electron chi connectivity index (χ2n) is 7.73. The van der Waals surface area contributed by atoms with Gasteiger partial charge in [-0.3, -0.25) is 0 Å². The Morgan fingerprint density at radius 1 is 1.41 bits per heavy atom. The zero-order valence-electron chi connectivity index (χ0n) is 17.4. The van der Waals surface area contributed by atoms with E-state index in [0.717, 1.165) is 61.4 Å². The smallest absolute Gasteiger partial charge is 0.191 e. The van der Waals surface area contributed by atoms with Crippen LogP contribution in [0, 0.1) is 12.8 Å². The molecule has 3 N–H and O–H groups in total. The molecule has 164 valence electrons. The Hall–Kier alpha value is -0.710. The molecule has 1 aromatic carbocycles. The standard InChI is InChI=1S/C21H33N3O3S.HI/c1-3-22-20(24-14-21(25)7-9-28-15-21)23-11-18-5-4-16(2)10-19(18)27-13-17-6-8-26-12-17;/h4-5,10,17,25H,3,6-9,11-15H2,1-2H3,(H2,22,23,24);1H. The number of ether oxygens (including phenoxy) is 2. The molecule has 2 fully saturated rings. The molecule has 29 heavy (non-hydrogen) atoms. The normalized spacial score (nSPS) is 24.2. The highest BCUT2D eigenvalue weighted by Gasteiger charge is 2.31. The Morgan fingerprint density at radius 2 is 2.28 bits per heavy atom. The van der Waals surface area contributed by atoms with Gasteiger partial charge in [0.1, 0.15) is 5.75 Å². The van der Waals surface area contributed by atoms with Gasteiger partial charge < -0.3 is 25.2 Å². The summed E-state index contributed by atoms with van der Waals surface area (Å²) in [5.41, 5.74) is 1.61. The monoisotopic (exact) mass is 535 g/mol. The number of benzene rings is 1. The van der Waals surface area contributed by atoms with Crippen LogP contribution in [-0.2, 0) is 11.3 Å². The van der Waals surface area contributed by atoms with Crippen molar-refractivity contribution in [1.82, 2.24) is 10.6 Å². The Labute approximate surface area is 195 Å². The van der Waals surface area contributed by atoms with Gasteiger partial charge in [0.2, 0.25) is 0 Å². The molecule has 8 heteroatoms. The number of aliphatic hydroxyl groups is 1. The van der Waals surface area contributed by atoms with E-state index in [1.165, 1.54) is 5.56 Å². The van der Waals surface area contributed by atoms with Gasteiger partial charge in [-0.2, -0.15) is 11.8 Å². The average molecular weight is 535 g/mol. The first kappa shape index (κ1) is 24.6. The lowest BCUT2D eigenvalue weighted by Crippen LogP contribution is -2.47. The Balaban J connectivity index is 0.00000300. The van der Waals surface area contributed by atoms with Crippen LogP contribution >= 0.6 is 35.7 Å². The number of hydrogen-bond donors (Lipinski definition) is 3. The van der Waals surface area contributed by atoms with Crippen molar-refractivity contribution in [3.05, 3.63) is 29.3 Å². The van der Waals surface area contributed by atoms with Crippen molar-refractivity contribution in [2.24, 2.45) is 10.9 Å². The maximum atomic E-state index is 10.5. The summed E-state index contributed by atoms with van der Waals surface area (Å²) in [5, 5.41) is 17.1. The van der Waals surface area contributed by atoms with Crippen LogP contribution in [0.15, 0.2) is 23.2 Å². The summed E-state index contributed by atoms with van der Waals surface area (Å²) in [6.45, 7) is 8.24. The second kappa shape index (κ2) is 12.2. The number of thioether (sulfide) groups is 1. The van der Waals surface area contributed by atoms with Crippen LogP contribution in [-0.4, -0.2) is 61.1 Å². The van der Waals surface area contributed by atoms with Gasteiger partial charge in [-0.1, -0.05) is 12.1 Å². The highest BCUT2D eigenvalue weighted by Crippen LogP contribution is 2.27. The van der Waals surface area contributed by atoms with Crippen LogP contribution in [0.2, 0.25) is 0 Å². The van der Waals surface area contributed by atoms with Crippen LogP contribution in [0.4, 0.5) is 0 Å². The summed E-state index contributed by atoms with van der Waals surface area (Å²) in [7, 11) is 0. The van der Waals surface area contributed by atoms with Crippen molar-refractivity contribution in [2.75, 3.05) is 44.4 Å². The summed E-state index contributed by atoms with van der Waals surface area (Å²) >= 11 is 1.80. The summed E-state index contributed by atoms with van der Waals surface area (Å²) < 4.78 is 11.6. The third-order valence-corrected chi connectivity index (χ3v) is 6.37. The van der Waals surface area contributed by atoms with Gasteiger partial charge in [0.25, 0.3) is 0 Å². The van der Waals surface area contributed by atoms with Crippen molar-refractivity contribution in [2.45, 2.75) is 38.8 Å². The molecule has 2 heterocycles. The fourth-order valence-electron chi connectivity index (χ4n) is 3.34. The number of aryl methyl sites for hydroxylation is 1. The maximum Gasteiger partial charge on any atom is 0.191 e. The van der Waals surface area contributed by atoms with Gasteiger partial charge in [-0.15, -0.1) is 24.0 Å². The van der Waals surface area contributed by atoms with Gasteiger partial charge >= 0.3 is 0 Å². The maximum absolute atomic E-state index is 10.5. The molecule has 0 saturated carbocycles. The number of rotatable bonds is 8. The minimum atomic E-state index is -0.637. The fraction of sp³-hybridized carbons (Fsp3) is 0.667. The largest absolute Gasteiger partial charge is 0.493 e. The number of aliphatic imine (C=N–C) groups is 1. The minimum absolute atomic E-state index is 0. The molecule has 0 bridgehead atoms. The Morgan fingerprint density at radius 3 is 2.97 bits per heavy atom. The summed E-state index contributed by atoms with van der Waals surface area (Å²) in [6.07, 6.45) is 1.89. The van der Waals surface area contributed by atoms with E-state index in [-0.39, 0.29) is 24.0 Å². The van der Waals surface area contributed by atoms with Crippen molar-refractivity contribution >= 4 is 41.7 Å². The molecule has 2 aliphatic rings. The molecule has 1 aromatic rings. The Bertz CT molecular complexity index is 663. The lowest BCUT2D eigenvalue weighted by atomic mass is 10.0. The lowest BCUT2D eigenvalue weighted by Gasteiger charge is -2.23. The molecule has 2 atom stereocenters. The van der Waals surface area contributed by atoms with Crippen LogP contribution in [0.25, 0.3) is 0 Å². The molecule has 0 aromatic heterocycles. The zero-order chi connectivity index (χ0) is 19.8. The number of guanidine groups is 1. The lowest BCUT2D eigenvalue weighted by molar-refractivity contribution is 0.0724. The third kappa shape index (κ3) is 7.80. The first-order valence-electron chi connectivity index (χ1n) is 10.2. The molecule has 2 saturated heterocycles. The second-order valence-corrected chi connectivity index (χ2v) is 8.83. The van der Waals surface area contributed by atoms with E-state index >= 15 is 0 Å². The predicted molar refractivity (Wildman–Crippen MR) is 131 cm³/mol. The van der Waals surface area contributed by atoms with Crippen molar-refractivity contribution in [3.63, 3.8) is 0 Å². The van der Waals surface area contributed by atoms with E-state index in [2.05, 4.69) is 35.8 Å². The third-order valence-electron chi connectivity index (χ3n) is 5.14. The molecular weight excluding hydrogens is 501 g/mol. The predicted octanol–water partition coefficient (Wildman–Crippen LogP) is 2.95. The first-order valence-corrected chi connectivity index (χ1v) is 11.4. The summed E-state index contributed by atoms with van der Waals surface area (Å²) in [4.78, 5) is 4.72. The van der Waals surface area contributed by atoms with Crippen LogP contribution in [0.1, 0.15) is 30.9 Å². The van der Waals surface area contributed by atoms with Crippen LogP contribution in [0.5, 0.6) is 5.75 Å². The fourth-order valence-corrected chi connectivity index (χ4v) is 4.63. The van der Waals surface area contributed by atoms with E-state index in [9.17, 15) is 5.11 Å². The van der Waals surface area contributed by atoms with Gasteiger partial charge in [-0.05, 0) is 44.1 Å². The minimum Gasteiger partial charge on any atom is -0.493 e. The van der Waals surface area contributed by atoms with Gasteiger partial charge in [0.15, 0.2) is 5.96 Å². The summed E-state index contributed by atoms with van der Waals surface area (Å²) in [6, 6.07) is 6.26. The Kier molecular flexibility index (Phi) is 10.3.